The van der Waals surface area contributed by atoms with Gasteiger partial charge in [0.2, 0.25) is 5.88 Å². The van der Waals surface area contributed by atoms with E-state index >= 15 is 0 Å². The summed E-state index contributed by atoms with van der Waals surface area (Å²) >= 11 is 1.42. The zero-order chi connectivity index (χ0) is 14.4. The molecule has 0 bridgehead atoms. The maximum absolute atomic E-state index is 12.0. The first-order valence-corrected chi connectivity index (χ1v) is 7.02. The van der Waals surface area contributed by atoms with Crippen molar-refractivity contribution in [3.63, 3.8) is 0 Å². The largest absolute Gasteiger partial charge is 0.475 e. The predicted molar refractivity (Wildman–Crippen MR) is 78.6 cm³/mol. The molecule has 1 amide bonds. The molecule has 2 aromatic rings. The lowest BCUT2D eigenvalue weighted by Gasteiger charge is -2.07. The van der Waals surface area contributed by atoms with E-state index in [4.69, 9.17) is 9.47 Å². The molecule has 2 heterocycles. The number of nitrogens with one attached hydrogen (secondary N) is 1. The molecular weight excluding hydrogens is 276 g/mol. The van der Waals surface area contributed by atoms with Gasteiger partial charge in [0.25, 0.3) is 5.91 Å². The minimum absolute atomic E-state index is 0.118. The number of aromatic nitrogens is 1. The van der Waals surface area contributed by atoms with Crippen molar-refractivity contribution in [2.24, 2.45) is 0 Å². The van der Waals surface area contributed by atoms with Gasteiger partial charge in [-0.15, -0.1) is 11.3 Å². The SMILES string of the molecule is COCCOc1ccc(NC(=O)c2sccc2C)cn1. The van der Waals surface area contributed by atoms with Crippen LogP contribution in [0.2, 0.25) is 0 Å². The van der Waals surface area contributed by atoms with Crippen LogP contribution in [0, 0.1) is 6.92 Å². The van der Waals surface area contributed by atoms with E-state index < -0.39 is 0 Å². The number of ether oxygens (including phenoxy) is 2. The molecule has 0 atom stereocenters. The van der Waals surface area contributed by atoms with Crippen LogP contribution in [-0.2, 0) is 4.74 Å². The second-order valence-electron chi connectivity index (χ2n) is 4.11. The fraction of sp³-hybridized carbons (Fsp3) is 0.286. The van der Waals surface area contributed by atoms with Crippen molar-refractivity contribution in [1.82, 2.24) is 4.98 Å². The Kier molecular flexibility index (Phi) is 5.09. The van der Waals surface area contributed by atoms with E-state index in [-0.39, 0.29) is 5.91 Å². The van der Waals surface area contributed by atoms with E-state index in [1.807, 2.05) is 18.4 Å². The van der Waals surface area contributed by atoms with Crippen molar-refractivity contribution in [3.05, 3.63) is 40.2 Å². The number of anilines is 1. The predicted octanol–water partition coefficient (Wildman–Crippen LogP) is 2.73. The number of carbonyl (C=O) groups excluding carboxylic acids is 1. The number of rotatable bonds is 6. The van der Waals surface area contributed by atoms with Gasteiger partial charge in [-0.1, -0.05) is 0 Å². The number of aryl methyl sites for hydroxylation is 1. The maximum Gasteiger partial charge on any atom is 0.266 e. The molecule has 0 spiro atoms. The number of hydrogen-bond donors (Lipinski definition) is 1. The van der Waals surface area contributed by atoms with Crippen LogP contribution < -0.4 is 10.1 Å². The zero-order valence-corrected chi connectivity index (χ0v) is 12.2. The van der Waals surface area contributed by atoms with Crippen molar-refractivity contribution in [2.75, 3.05) is 25.6 Å². The quantitative estimate of drug-likeness (QED) is 0.832. The van der Waals surface area contributed by atoms with Crippen LogP contribution in [-0.4, -0.2) is 31.2 Å². The van der Waals surface area contributed by atoms with Crippen molar-refractivity contribution in [3.8, 4) is 5.88 Å². The summed E-state index contributed by atoms with van der Waals surface area (Å²) < 4.78 is 10.2. The first kappa shape index (κ1) is 14.5. The van der Waals surface area contributed by atoms with Gasteiger partial charge >= 0.3 is 0 Å². The molecule has 0 saturated heterocycles. The van der Waals surface area contributed by atoms with Gasteiger partial charge in [-0.2, -0.15) is 0 Å². The number of carbonyl (C=O) groups is 1. The smallest absolute Gasteiger partial charge is 0.266 e. The standard InChI is InChI=1S/C14H16N2O3S/c1-10-5-8-20-13(10)14(17)16-11-3-4-12(15-9-11)19-7-6-18-2/h3-5,8-9H,6-7H2,1-2H3,(H,16,17). The van der Waals surface area contributed by atoms with E-state index in [1.165, 1.54) is 11.3 Å². The number of amides is 1. The van der Waals surface area contributed by atoms with Crippen molar-refractivity contribution in [1.29, 1.82) is 0 Å². The van der Waals surface area contributed by atoms with Crippen LogP contribution in [0.1, 0.15) is 15.2 Å². The van der Waals surface area contributed by atoms with Crippen LogP contribution in [0.25, 0.3) is 0 Å². The summed E-state index contributed by atoms with van der Waals surface area (Å²) in [6, 6.07) is 5.40. The van der Waals surface area contributed by atoms with Crippen LogP contribution in [0.15, 0.2) is 29.8 Å². The third-order valence-corrected chi connectivity index (χ3v) is 3.62. The van der Waals surface area contributed by atoms with Gasteiger partial charge in [-0.3, -0.25) is 4.79 Å². The normalized spacial score (nSPS) is 10.3. The van der Waals surface area contributed by atoms with E-state index in [2.05, 4.69) is 10.3 Å². The summed E-state index contributed by atoms with van der Waals surface area (Å²) in [4.78, 5) is 16.8. The number of hydrogen-bond acceptors (Lipinski definition) is 5. The highest BCUT2D eigenvalue weighted by Crippen LogP contribution is 2.18. The van der Waals surface area contributed by atoms with Gasteiger partial charge in [0.05, 0.1) is 23.4 Å². The Bertz CT molecular complexity index is 566. The lowest BCUT2D eigenvalue weighted by atomic mass is 10.3. The highest BCUT2D eigenvalue weighted by molar-refractivity contribution is 7.12. The minimum Gasteiger partial charge on any atom is -0.475 e. The fourth-order valence-corrected chi connectivity index (χ4v) is 2.38. The Balaban J connectivity index is 1.93. The number of pyridine rings is 1. The molecule has 0 aliphatic heterocycles. The lowest BCUT2D eigenvalue weighted by Crippen LogP contribution is -2.11. The maximum atomic E-state index is 12.0. The average Bonchev–Trinajstić information content (AvgIpc) is 2.87. The topological polar surface area (TPSA) is 60.5 Å². The van der Waals surface area contributed by atoms with E-state index in [0.717, 1.165) is 5.56 Å². The average molecular weight is 292 g/mol. The molecule has 106 valence electrons. The highest BCUT2D eigenvalue weighted by Gasteiger charge is 2.10. The molecule has 0 unspecified atom stereocenters. The minimum atomic E-state index is -0.118. The van der Waals surface area contributed by atoms with Gasteiger partial charge < -0.3 is 14.8 Å². The van der Waals surface area contributed by atoms with E-state index in [1.54, 1.807) is 25.4 Å². The van der Waals surface area contributed by atoms with Gasteiger partial charge in [-0.25, -0.2) is 4.98 Å². The Morgan fingerprint density at radius 2 is 2.20 bits per heavy atom. The second-order valence-corrected chi connectivity index (χ2v) is 5.03. The molecule has 0 fully saturated rings. The first-order chi connectivity index (χ1) is 9.70. The molecule has 0 aromatic carbocycles. The molecule has 0 aliphatic carbocycles. The fourth-order valence-electron chi connectivity index (χ4n) is 1.56. The summed E-state index contributed by atoms with van der Waals surface area (Å²) in [6.07, 6.45) is 1.57. The molecule has 0 aliphatic rings. The van der Waals surface area contributed by atoms with E-state index in [0.29, 0.717) is 29.7 Å². The molecular formula is C14H16N2O3S. The number of nitrogens with zero attached hydrogens (tertiary/aromatic N) is 1. The van der Waals surface area contributed by atoms with Gasteiger partial charge in [0.1, 0.15) is 6.61 Å². The summed E-state index contributed by atoms with van der Waals surface area (Å²) in [5, 5.41) is 4.71. The molecule has 2 rings (SSSR count). The molecule has 1 N–H and O–H groups in total. The summed E-state index contributed by atoms with van der Waals surface area (Å²) in [5.74, 6) is 0.389. The number of thiophene rings is 1. The summed E-state index contributed by atoms with van der Waals surface area (Å²) in [6.45, 7) is 2.87. The van der Waals surface area contributed by atoms with Crippen LogP contribution in [0.3, 0.4) is 0 Å². The van der Waals surface area contributed by atoms with Crippen LogP contribution in [0.4, 0.5) is 5.69 Å². The van der Waals surface area contributed by atoms with Gasteiger partial charge in [-0.05, 0) is 30.0 Å². The monoisotopic (exact) mass is 292 g/mol. The molecule has 6 heteroatoms. The molecule has 0 saturated carbocycles. The van der Waals surface area contributed by atoms with E-state index in [9.17, 15) is 4.79 Å². The Labute approximate surface area is 121 Å². The molecule has 5 nitrogen and oxygen atoms in total. The van der Waals surface area contributed by atoms with Crippen molar-refractivity contribution in [2.45, 2.75) is 6.92 Å². The third kappa shape index (κ3) is 3.79. The van der Waals surface area contributed by atoms with Gasteiger partial charge in [0, 0.05) is 13.2 Å². The Morgan fingerprint density at radius 1 is 1.35 bits per heavy atom. The second kappa shape index (κ2) is 7.02. The third-order valence-electron chi connectivity index (χ3n) is 2.60. The van der Waals surface area contributed by atoms with Crippen molar-refractivity contribution >= 4 is 22.9 Å². The molecule has 2 aromatic heterocycles. The van der Waals surface area contributed by atoms with Crippen LogP contribution in [0.5, 0.6) is 5.88 Å². The Hall–Kier alpha value is -1.92. The molecule has 20 heavy (non-hydrogen) atoms. The summed E-state index contributed by atoms with van der Waals surface area (Å²) in [7, 11) is 1.61. The van der Waals surface area contributed by atoms with Gasteiger partial charge in [0.15, 0.2) is 0 Å². The van der Waals surface area contributed by atoms with Crippen molar-refractivity contribution < 1.29 is 14.3 Å². The Morgan fingerprint density at radius 3 is 2.80 bits per heavy atom. The highest BCUT2D eigenvalue weighted by atomic mass is 32.1. The lowest BCUT2D eigenvalue weighted by molar-refractivity contribution is 0.103. The summed E-state index contributed by atoms with van der Waals surface area (Å²) in [5.41, 5.74) is 1.61. The van der Waals surface area contributed by atoms with Crippen LogP contribution >= 0.6 is 11.3 Å². The molecule has 0 radical (unpaired) electrons. The zero-order valence-electron chi connectivity index (χ0n) is 11.4. The first-order valence-electron chi connectivity index (χ1n) is 6.14. The number of methoxy groups -OCH3 is 1.